The second-order valence-electron chi connectivity index (χ2n) is 5.14. The zero-order valence-electron chi connectivity index (χ0n) is 12.6. The normalized spacial score (nSPS) is 13.4. The van der Waals surface area contributed by atoms with Crippen LogP contribution in [0.1, 0.15) is 18.2 Å². The first-order valence-electron chi connectivity index (χ1n) is 6.92. The number of hydrogen-bond acceptors (Lipinski definition) is 4. The van der Waals surface area contributed by atoms with E-state index in [4.69, 9.17) is 4.42 Å². The minimum absolute atomic E-state index is 0.0672. The molecule has 6 heteroatoms. The average Bonchev–Trinajstić information content (AvgIpc) is 3.07. The maximum absolute atomic E-state index is 11.8. The lowest BCUT2D eigenvalue weighted by atomic mass is 10.0. The summed E-state index contributed by atoms with van der Waals surface area (Å²) < 4.78 is 5.16. The molecule has 1 atom stereocenters. The highest BCUT2D eigenvalue weighted by molar-refractivity contribution is 7.98. The van der Waals surface area contributed by atoms with Crippen molar-refractivity contribution in [3.63, 3.8) is 0 Å². The van der Waals surface area contributed by atoms with Crippen LogP contribution < -0.4 is 10.6 Å². The van der Waals surface area contributed by atoms with Gasteiger partial charge in [-0.2, -0.15) is 0 Å². The van der Waals surface area contributed by atoms with E-state index in [0.717, 1.165) is 5.56 Å². The molecule has 0 radical (unpaired) electrons. The van der Waals surface area contributed by atoms with Crippen LogP contribution >= 0.6 is 11.8 Å². The first kappa shape index (κ1) is 16.5. The quantitative estimate of drug-likeness (QED) is 0.716. The number of furan rings is 1. The predicted molar refractivity (Wildman–Crippen MR) is 86.7 cm³/mol. The summed E-state index contributed by atoms with van der Waals surface area (Å²) in [5.74, 6) is 0.417. The van der Waals surface area contributed by atoms with Crippen LogP contribution in [0.2, 0.25) is 0 Å². The highest BCUT2D eigenvalue weighted by Crippen LogP contribution is 2.19. The zero-order valence-corrected chi connectivity index (χ0v) is 13.4. The molecule has 0 spiro atoms. The number of benzene rings is 1. The Labute approximate surface area is 134 Å². The first-order valence-corrected chi connectivity index (χ1v) is 8.15. The maximum Gasteiger partial charge on any atom is 0.315 e. The van der Waals surface area contributed by atoms with Gasteiger partial charge in [0, 0.05) is 11.4 Å². The van der Waals surface area contributed by atoms with Gasteiger partial charge in [0.1, 0.15) is 11.4 Å². The number of carbonyl (C=O) groups is 1. The Balaban J connectivity index is 1.78. The second-order valence-corrected chi connectivity index (χ2v) is 6.02. The van der Waals surface area contributed by atoms with Gasteiger partial charge in [-0.05, 0) is 43.0 Å². The van der Waals surface area contributed by atoms with Crippen molar-refractivity contribution < 1.29 is 14.3 Å². The molecular formula is C16H20N2O3S. The molecule has 2 amide bonds. The van der Waals surface area contributed by atoms with Gasteiger partial charge < -0.3 is 20.2 Å². The van der Waals surface area contributed by atoms with Gasteiger partial charge in [0.15, 0.2) is 0 Å². The Bertz CT molecular complexity index is 594. The summed E-state index contributed by atoms with van der Waals surface area (Å²) in [5, 5.41) is 15.6. The zero-order chi connectivity index (χ0) is 16.0. The van der Waals surface area contributed by atoms with E-state index in [1.54, 1.807) is 30.8 Å². The molecule has 0 fully saturated rings. The molecule has 1 unspecified atom stereocenters. The van der Waals surface area contributed by atoms with Gasteiger partial charge in [-0.1, -0.05) is 12.1 Å². The minimum Gasteiger partial charge on any atom is -0.466 e. The van der Waals surface area contributed by atoms with Crippen LogP contribution in [0.15, 0.2) is 52.0 Å². The van der Waals surface area contributed by atoms with Crippen LogP contribution in [0.5, 0.6) is 0 Å². The highest BCUT2D eigenvalue weighted by atomic mass is 32.2. The monoisotopic (exact) mass is 320 g/mol. The van der Waals surface area contributed by atoms with Gasteiger partial charge in [-0.15, -0.1) is 11.8 Å². The largest absolute Gasteiger partial charge is 0.466 e. The Morgan fingerprint density at radius 3 is 2.59 bits per heavy atom. The van der Waals surface area contributed by atoms with E-state index in [2.05, 4.69) is 10.6 Å². The van der Waals surface area contributed by atoms with Crippen LogP contribution in [-0.2, 0) is 12.1 Å². The number of aliphatic hydroxyl groups is 1. The van der Waals surface area contributed by atoms with Crippen molar-refractivity contribution in [1.29, 1.82) is 0 Å². The number of thioether (sulfide) groups is 1. The Kier molecular flexibility index (Phi) is 5.51. The molecule has 0 bridgehead atoms. The molecule has 118 valence electrons. The van der Waals surface area contributed by atoms with E-state index in [0.29, 0.717) is 12.3 Å². The molecule has 1 heterocycles. The van der Waals surface area contributed by atoms with Crippen molar-refractivity contribution in [2.24, 2.45) is 0 Å². The third-order valence-corrected chi connectivity index (χ3v) is 4.00. The molecule has 0 saturated carbocycles. The number of rotatable bonds is 6. The van der Waals surface area contributed by atoms with Gasteiger partial charge in [0.25, 0.3) is 0 Å². The van der Waals surface area contributed by atoms with Gasteiger partial charge in [-0.25, -0.2) is 4.79 Å². The topological polar surface area (TPSA) is 74.5 Å². The lowest BCUT2D eigenvalue weighted by Crippen LogP contribution is -2.43. The summed E-state index contributed by atoms with van der Waals surface area (Å²) >= 11 is 1.68. The van der Waals surface area contributed by atoms with E-state index in [1.165, 1.54) is 11.2 Å². The fourth-order valence-electron chi connectivity index (χ4n) is 1.91. The smallest absolute Gasteiger partial charge is 0.315 e. The standard InChI is InChI=1S/C16H20N2O3S/c1-16(20,14-4-3-9-21-14)11-18-15(19)17-10-12-5-7-13(22-2)8-6-12/h3-9,20H,10-11H2,1-2H3,(H2,17,18,19). The van der Waals surface area contributed by atoms with E-state index >= 15 is 0 Å². The van der Waals surface area contributed by atoms with Gasteiger partial charge >= 0.3 is 6.03 Å². The van der Waals surface area contributed by atoms with E-state index in [-0.39, 0.29) is 12.6 Å². The summed E-state index contributed by atoms with van der Waals surface area (Å²) in [5.41, 5.74) is -0.216. The summed E-state index contributed by atoms with van der Waals surface area (Å²) in [6.07, 6.45) is 3.51. The van der Waals surface area contributed by atoms with Crippen LogP contribution in [0.3, 0.4) is 0 Å². The minimum atomic E-state index is -1.24. The molecule has 0 aliphatic heterocycles. The van der Waals surface area contributed by atoms with E-state index in [9.17, 15) is 9.90 Å². The SMILES string of the molecule is CSc1ccc(CNC(=O)NCC(C)(O)c2ccco2)cc1. The lowest BCUT2D eigenvalue weighted by molar-refractivity contribution is 0.0367. The summed E-state index contributed by atoms with van der Waals surface area (Å²) in [6.45, 7) is 2.09. The van der Waals surface area contributed by atoms with E-state index < -0.39 is 5.60 Å². The maximum atomic E-state index is 11.8. The van der Waals surface area contributed by atoms with Crippen molar-refractivity contribution in [2.45, 2.75) is 24.0 Å². The molecule has 3 N–H and O–H groups in total. The van der Waals surface area contributed by atoms with Crippen LogP contribution in [0, 0.1) is 0 Å². The van der Waals surface area contributed by atoms with Crippen LogP contribution in [0.4, 0.5) is 4.79 Å². The number of urea groups is 1. The third kappa shape index (κ3) is 4.54. The number of amides is 2. The predicted octanol–water partition coefficient (Wildman–Crippen LogP) is 2.71. The van der Waals surface area contributed by atoms with Crippen molar-refractivity contribution in [2.75, 3.05) is 12.8 Å². The molecule has 1 aromatic carbocycles. The number of carbonyl (C=O) groups excluding carboxylic acids is 1. The summed E-state index contributed by atoms with van der Waals surface area (Å²) in [7, 11) is 0. The van der Waals surface area contributed by atoms with E-state index in [1.807, 2.05) is 30.5 Å². The average molecular weight is 320 g/mol. The van der Waals surface area contributed by atoms with Crippen molar-refractivity contribution >= 4 is 17.8 Å². The molecule has 0 aliphatic carbocycles. The van der Waals surface area contributed by atoms with Crippen LogP contribution in [-0.4, -0.2) is 23.9 Å². The molecule has 22 heavy (non-hydrogen) atoms. The number of nitrogens with one attached hydrogen (secondary N) is 2. The molecular weight excluding hydrogens is 300 g/mol. The molecule has 0 saturated heterocycles. The lowest BCUT2D eigenvalue weighted by Gasteiger charge is -2.21. The highest BCUT2D eigenvalue weighted by Gasteiger charge is 2.26. The second kappa shape index (κ2) is 7.38. The first-order chi connectivity index (χ1) is 10.5. The molecule has 0 aliphatic rings. The summed E-state index contributed by atoms with van der Waals surface area (Å²) in [6, 6.07) is 11.0. The Hall–Kier alpha value is -1.92. The fourth-order valence-corrected chi connectivity index (χ4v) is 2.32. The van der Waals surface area contributed by atoms with Crippen molar-refractivity contribution in [3.05, 3.63) is 54.0 Å². The molecule has 2 aromatic rings. The van der Waals surface area contributed by atoms with Crippen molar-refractivity contribution in [1.82, 2.24) is 10.6 Å². The molecule has 2 rings (SSSR count). The third-order valence-electron chi connectivity index (χ3n) is 3.26. The molecule has 1 aromatic heterocycles. The van der Waals surface area contributed by atoms with Gasteiger partial charge in [-0.3, -0.25) is 0 Å². The summed E-state index contributed by atoms with van der Waals surface area (Å²) in [4.78, 5) is 13.0. The molecule has 5 nitrogen and oxygen atoms in total. The Morgan fingerprint density at radius 2 is 2.00 bits per heavy atom. The van der Waals surface area contributed by atoms with Crippen LogP contribution in [0.25, 0.3) is 0 Å². The van der Waals surface area contributed by atoms with Gasteiger partial charge in [0.05, 0.1) is 12.8 Å². The van der Waals surface area contributed by atoms with Crippen molar-refractivity contribution in [3.8, 4) is 0 Å². The van der Waals surface area contributed by atoms with Gasteiger partial charge in [0.2, 0.25) is 0 Å². The Morgan fingerprint density at radius 1 is 1.27 bits per heavy atom. The number of hydrogen-bond donors (Lipinski definition) is 3. The fraction of sp³-hybridized carbons (Fsp3) is 0.312.